The van der Waals surface area contributed by atoms with Crippen LogP contribution >= 0.6 is 23.2 Å². The maximum Gasteiger partial charge on any atom is 0.242 e. The molecule has 21 heavy (non-hydrogen) atoms. The summed E-state index contributed by atoms with van der Waals surface area (Å²) in [7, 11) is -3.88. The number of aromatic nitrogens is 2. The molecule has 0 amide bonds. The van der Waals surface area contributed by atoms with Crippen molar-refractivity contribution in [3.63, 3.8) is 0 Å². The van der Waals surface area contributed by atoms with Crippen molar-refractivity contribution in [1.29, 1.82) is 0 Å². The van der Waals surface area contributed by atoms with Crippen LogP contribution in [0.1, 0.15) is 24.4 Å². The van der Waals surface area contributed by atoms with E-state index in [-0.39, 0.29) is 27.1 Å². The van der Waals surface area contributed by atoms with Crippen LogP contribution in [-0.4, -0.2) is 23.5 Å². The Morgan fingerprint density at radius 3 is 2.67 bits per heavy atom. The fourth-order valence-electron chi connectivity index (χ4n) is 1.76. The standard InChI is InChI=1S/C12H13Cl2N3O3S/c1-7(12-15-2-3-16-12)17-21(19,20)11-4-8(6-18)9(13)5-10(11)14/h2-5,7,17-18H,6H2,1H3,(H,15,16). The van der Waals surface area contributed by atoms with E-state index >= 15 is 0 Å². The van der Waals surface area contributed by atoms with Crippen LogP contribution in [0, 0.1) is 0 Å². The Morgan fingerprint density at radius 1 is 1.38 bits per heavy atom. The number of sulfonamides is 1. The average molecular weight is 350 g/mol. The summed E-state index contributed by atoms with van der Waals surface area (Å²) in [5.74, 6) is 0.478. The van der Waals surface area contributed by atoms with Gasteiger partial charge in [0, 0.05) is 17.4 Å². The lowest BCUT2D eigenvalue weighted by atomic mass is 10.2. The molecule has 1 aromatic heterocycles. The largest absolute Gasteiger partial charge is 0.392 e. The normalized spacial score (nSPS) is 13.3. The SMILES string of the molecule is CC(NS(=O)(=O)c1cc(CO)c(Cl)cc1Cl)c1ncc[nH]1. The van der Waals surface area contributed by atoms with Gasteiger partial charge in [-0.2, -0.15) is 0 Å². The highest BCUT2D eigenvalue weighted by Gasteiger charge is 2.23. The molecule has 114 valence electrons. The van der Waals surface area contributed by atoms with Crippen LogP contribution in [-0.2, 0) is 16.6 Å². The molecular weight excluding hydrogens is 337 g/mol. The number of aromatic amines is 1. The minimum Gasteiger partial charge on any atom is -0.392 e. The van der Waals surface area contributed by atoms with Gasteiger partial charge in [-0.1, -0.05) is 23.2 Å². The third-order valence-electron chi connectivity index (χ3n) is 2.82. The molecule has 0 aliphatic heterocycles. The summed E-state index contributed by atoms with van der Waals surface area (Å²) in [5.41, 5.74) is 0.284. The number of aliphatic hydroxyl groups excluding tert-OH is 1. The van der Waals surface area contributed by atoms with Gasteiger partial charge in [-0.15, -0.1) is 0 Å². The molecular formula is C12H13Cl2N3O3S. The Kier molecular flexibility index (Phi) is 4.90. The number of H-pyrrole nitrogens is 1. The Morgan fingerprint density at radius 2 is 2.10 bits per heavy atom. The van der Waals surface area contributed by atoms with Gasteiger partial charge in [-0.25, -0.2) is 18.1 Å². The summed E-state index contributed by atoms with van der Waals surface area (Å²) in [6.07, 6.45) is 3.12. The quantitative estimate of drug-likeness (QED) is 0.771. The van der Waals surface area contributed by atoms with Crippen molar-refractivity contribution in [2.45, 2.75) is 24.5 Å². The fraction of sp³-hybridized carbons (Fsp3) is 0.250. The van der Waals surface area contributed by atoms with E-state index in [0.29, 0.717) is 5.82 Å². The molecule has 0 aliphatic carbocycles. The van der Waals surface area contributed by atoms with E-state index in [4.69, 9.17) is 23.2 Å². The maximum absolute atomic E-state index is 12.4. The number of nitrogens with zero attached hydrogens (tertiary/aromatic N) is 1. The third-order valence-corrected chi connectivity index (χ3v) is 5.18. The second kappa shape index (κ2) is 6.33. The van der Waals surface area contributed by atoms with Gasteiger partial charge in [0.2, 0.25) is 10.0 Å². The lowest BCUT2D eigenvalue weighted by molar-refractivity contribution is 0.281. The molecule has 2 rings (SSSR count). The van der Waals surface area contributed by atoms with Gasteiger partial charge < -0.3 is 10.1 Å². The number of imidazole rings is 1. The first-order valence-corrected chi connectivity index (χ1v) is 8.19. The van der Waals surface area contributed by atoms with E-state index in [1.807, 2.05) is 0 Å². The Labute approximate surface area is 132 Å². The van der Waals surface area contributed by atoms with Crippen LogP contribution in [0.3, 0.4) is 0 Å². The van der Waals surface area contributed by atoms with Crippen molar-refractivity contribution in [1.82, 2.24) is 14.7 Å². The molecule has 9 heteroatoms. The summed E-state index contributed by atoms with van der Waals surface area (Å²) < 4.78 is 27.2. The van der Waals surface area contributed by atoms with Crippen LogP contribution in [0.15, 0.2) is 29.4 Å². The first kappa shape index (κ1) is 16.3. The first-order valence-electron chi connectivity index (χ1n) is 5.95. The monoisotopic (exact) mass is 349 g/mol. The second-order valence-electron chi connectivity index (χ2n) is 4.35. The molecule has 0 radical (unpaired) electrons. The summed E-state index contributed by atoms with van der Waals surface area (Å²) in [5, 5.41) is 9.37. The average Bonchev–Trinajstić information content (AvgIpc) is 2.91. The molecule has 1 unspecified atom stereocenters. The van der Waals surface area contributed by atoms with E-state index in [0.717, 1.165) is 0 Å². The number of rotatable bonds is 5. The summed E-state index contributed by atoms with van der Waals surface area (Å²) in [4.78, 5) is 6.67. The predicted octanol–water partition coefficient (Wildman–Crippen LogP) is 2.25. The zero-order chi connectivity index (χ0) is 15.6. The summed E-state index contributed by atoms with van der Waals surface area (Å²) in [6, 6.07) is 1.98. The number of hydrogen-bond donors (Lipinski definition) is 3. The highest BCUT2D eigenvalue weighted by atomic mass is 35.5. The van der Waals surface area contributed by atoms with E-state index < -0.39 is 16.1 Å². The molecule has 0 bridgehead atoms. The fourth-order valence-corrected chi connectivity index (χ4v) is 3.83. The van der Waals surface area contributed by atoms with Gasteiger partial charge in [0.25, 0.3) is 0 Å². The number of nitrogens with one attached hydrogen (secondary N) is 2. The van der Waals surface area contributed by atoms with Crippen molar-refractivity contribution >= 4 is 33.2 Å². The predicted molar refractivity (Wildman–Crippen MR) is 79.7 cm³/mol. The molecule has 0 spiro atoms. The van der Waals surface area contributed by atoms with Crippen LogP contribution in [0.4, 0.5) is 0 Å². The summed E-state index contributed by atoms with van der Waals surface area (Å²) >= 11 is 11.8. The van der Waals surface area contributed by atoms with E-state index in [2.05, 4.69) is 14.7 Å². The molecule has 1 aromatic carbocycles. The van der Waals surface area contributed by atoms with Crippen molar-refractivity contribution in [2.24, 2.45) is 0 Å². The molecule has 1 atom stereocenters. The minimum atomic E-state index is -3.88. The molecule has 0 saturated heterocycles. The van der Waals surface area contributed by atoms with Crippen LogP contribution in [0.25, 0.3) is 0 Å². The Bertz CT molecular complexity index is 732. The van der Waals surface area contributed by atoms with Crippen LogP contribution in [0.2, 0.25) is 10.0 Å². The topological polar surface area (TPSA) is 95.1 Å². The zero-order valence-corrected chi connectivity index (χ0v) is 13.3. The number of hydrogen-bond acceptors (Lipinski definition) is 4. The molecule has 1 heterocycles. The van der Waals surface area contributed by atoms with Gasteiger partial charge in [0.1, 0.15) is 10.7 Å². The zero-order valence-electron chi connectivity index (χ0n) is 11.0. The highest BCUT2D eigenvalue weighted by molar-refractivity contribution is 7.89. The lowest BCUT2D eigenvalue weighted by Crippen LogP contribution is -2.28. The van der Waals surface area contributed by atoms with Crippen LogP contribution < -0.4 is 4.72 Å². The van der Waals surface area contributed by atoms with E-state index in [1.54, 1.807) is 13.1 Å². The van der Waals surface area contributed by atoms with Gasteiger partial charge >= 0.3 is 0 Å². The van der Waals surface area contributed by atoms with Gasteiger partial charge in [0.05, 0.1) is 17.7 Å². The maximum atomic E-state index is 12.4. The van der Waals surface area contributed by atoms with E-state index in [9.17, 15) is 13.5 Å². The third kappa shape index (κ3) is 3.56. The first-order chi connectivity index (χ1) is 9.85. The molecule has 3 N–H and O–H groups in total. The number of halogens is 2. The van der Waals surface area contributed by atoms with Crippen molar-refractivity contribution in [2.75, 3.05) is 0 Å². The molecule has 6 nitrogen and oxygen atoms in total. The Balaban J connectivity index is 2.36. The van der Waals surface area contributed by atoms with Crippen molar-refractivity contribution in [3.05, 3.63) is 46.0 Å². The Hall–Kier alpha value is -1.12. The minimum absolute atomic E-state index is 0.0173. The highest BCUT2D eigenvalue weighted by Crippen LogP contribution is 2.29. The smallest absolute Gasteiger partial charge is 0.242 e. The summed E-state index contributed by atoms with van der Waals surface area (Å²) in [6.45, 7) is 1.26. The number of benzene rings is 1. The van der Waals surface area contributed by atoms with Gasteiger partial charge in [-0.05, 0) is 24.6 Å². The lowest BCUT2D eigenvalue weighted by Gasteiger charge is -2.14. The van der Waals surface area contributed by atoms with E-state index in [1.165, 1.54) is 18.3 Å². The second-order valence-corrected chi connectivity index (χ2v) is 6.85. The molecule has 0 fully saturated rings. The molecule has 0 saturated carbocycles. The van der Waals surface area contributed by atoms with Crippen molar-refractivity contribution in [3.8, 4) is 0 Å². The van der Waals surface area contributed by atoms with Gasteiger partial charge in [0.15, 0.2) is 0 Å². The van der Waals surface area contributed by atoms with Crippen LogP contribution in [0.5, 0.6) is 0 Å². The number of aliphatic hydroxyl groups is 1. The molecule has 0 aliphatic rings. The molecule has 2 aromatic rings. The van der Waals surface area contributed by atoms with Gasteiger partial charge in [-0.3, -0.25) is 0 Å². The van der Waals surface area contributed by atoms with Crippen molar-refractivity contribution < 1.29 is 13.5 Å².